The predicted octanol–water partition coefficient (Wildman–Crippen LogP) is 4.96. The van der Waals surface area contributed by atoms with Gasteiger partial charge in [-0.1, -0.05) is 60.7 Å². The minimum absolute atomic E-state index is 0.0195. The highest BCUT2D eigenvalue weighted by molar-refractivity contribution is 5.79. The summed E-state index contributed by atoms with van der Waals surface area (Å²) in [5, 5.41) is 1.08. The van der Waals surface area contributed by atoms with Gasteiger partial charge in [0.2, 0.25) is 5.88 Å². The van der Waals surface area contributed by atoms with E-state index >= 15 is 0 Å². The summed E-state index contributed by atoms with van der Waals surface area (Å²) in [4.78, 5) is 19.0. The van der Waals surface area contributed by atoms with E-state index in [1.54, 1.807) is 4.90 Å². The molecule has 1 amide bonds. The van der Waals surface area contributed by atoms with Crippen molar-refractivity contribution in [3.8, 4) is 22.8 Å². The molecule has 1 saturated heterocycles. The molecular formula is C27H24N2O3. The van der Waals surface area contributed by atoms with E-state index in [-0.39, 0.29) is 18.6 Å². The zero-order valence-corrected chi connectivity index (χ0v) is 17.7. The molecule has 0 radical (unpaired) electrons. The third kappa shape index (κ3) is 4.57. The van der Waals surface area contributed by atoms with Gasteiger partial charge in [0, 0.05) is 24.4 Å². The van der Waals surface area contributed by atoms with Crippen LogP contribution in [-0.2, 0) is 4.79 Å². The lowest BCUT2D eigenvalue weighted by Crippen LogP contribution is -2.34. The zero-order chi connectivity index (χ0) is 21.8. The van der Waals surface area contributed by atoms with Gasteiger partial charge in [0.15, 0.2) is 6.61 Å². The Morgan fingerprint density at radius 3 is 2.47 bits per heavy atom. The fraction of sp³-hybridized carbons (Fsp3) is 0.185. The van der Waals surface area contributed by atoms with Gasteiger partial charge in [-0.05, 0) is 35.4 Å². The molecule has 0 spiro atoms. The Balaban J connectivity index is 1.13. The number of benzene rings is 3. The molecule has 0 aliphatic carbocycles. The third-order valence-electron chi connectivity index (χ3n) is 5.68. The summed E-state index contributed by atoms with van der Waals surface area (Å²) in [5.74, 6) is 1.25. The van der Waals surface area contributed by atoms with Crippen LogP contribution in [0.2, 0.25) is 0 Å². The average molecular weight is 425 g/mol. The van der Waals surface area contributed by atoms with Crippen LogP contribution in [0.4, 0.5) is 0 Å². The molecule has 1 atom stereocenters. The number of carbonyl (C=O) groups is 1. The Bertz CT molecular complexity index is 1210. The van der Waals surface area contributed by atoms with Crippen molar-refractivity contribution in [2.45, 2.75) is 12.5 Å². The van der Waals surface area contributed by atoms with Crippen molar-refractivity contribution in [1.82, 2.24) is 9.88 Å². The number of hydrogen-bond donors (Lipinski definition) is 0. The Kier molecular flexibility index (Phi) is 5.71. The molecule has 32 heavy (non-hydrogen) atoms. The Morgan fingerprint density at radius 1 is 0.875 bits per heavy atom. The molecule has 1 aliphatic heterocycles. The molecule has 3 aromatic carbocycles. The normalized spacial score (nSPS) is 15.6. The van der Waals surface area contributed by atoms with Crippen molar-refractivity contribution in [2.75, 3.05) is 19.7 Å². The topological polar surface area (TPSA) is 51.7 Å². The van der Waals surface area contributed by atoms with E-state index in [1.807, 2.05) is 78.9 Å². The fourth-order valence-electron chi connectivity index (χ4n) is 3.95. The Labute approximate surface area is 187 Å². The van der Waals surface area contributed by atoms with Gasteiger partial charge >= 0.3 is 0 Å². The first-order valence-corrected chi connectivity index (χ1v) is 10.8. The fourth-order valence-corrected chi connectivity index (χ4v) is 3.95. The van der Waals surface area contributed by atoms with E-state index in [2.05, 4.69) is 17.1 Å². The number of likely N-dealkylation sites (tertiary alicyclic amines) is 1. The van der Waals surface area contributed by atoms with Crippen LogP contribution in [0.5, 0.6) is 11.6 Å². The SMILES string of the molecule is O=C(COc1ccc(-c2ccccc2)cc1)N1CCC(Oc2ccc3ccccc3n2)C1. The minimum atomic E-state index is -0.0576. The van der Waals surface area contributed by atoms with Gasteiger partial charge in [-0.2, -0.15) is 0 Å². The predicted molar refractivity (Wildman–Crippen MR) is 125 cm³/mol. The molecule has 0 saturated carbocycles. The highest BCUT2D eigenvalue weighted by Crippen LogP contribution is 2.23. The summed E-state index contributed by atoms with van der Waals surface area (Å²) in [5.41, 5.74) is 3.17. The van der Waals surface area contributed by atoms with Crippen LogP contribution in [0.25, 0.3) is 22.0 Å². The molecule has 5 nitrogen and oxygen atoms in total. The number of ether oxygens (including phenoxy) is 2. The van der Waals surface area contributed by atoms with Crippen LogP contribution >= 0.6 is 0 Å². The maximum atomic E-state index is 12.6. The van der Waals surface area contributed by atoms with Crippen molar-refractivity contribution in [3.05, 3.63) is 91.0 Å². The van der Waals surface area contributed by atoms with Crippen molar-refractivity contribution in [2.24, 2.45) is 0 Å². The number of aromatic nitrogens is 1. The second kappa shape index (κ2) is 9.10. The highest BCUT2D eigenvalue weighted by atomic mass is 16.5. The summed E-state index contributed by atoms with van der Waals surface area (Å²) >= 11 is 0. The first kappa shape index (κ1) is 20.1. The number of pyridine rings is 1. The van der Waals surface area contributed by atoms with Gasteiger partial charge in [0.1, 0.15) is 11.9 Å². The summed E-state index contributed by atoms with van der Waals surface area (Å²) in [7, 11) is 0. The van der Waals surface area contributed by atoms with Crippen LogP contribution in [0.3, 0.4) is 0 Å². The van der Waals surface area contributed by atoms with Gasteiger partial charge < -0.3 is 14.4 Å². The van der Waals surface area contributed by atoms with E-state index in [9.17, 15) is 4.79 Å². The number of fused-ring (bicyclic) bond motifs is 1. The molecule has 2 heterocycles. The monoisotopic (exact) mass is 424 g/mol. The lowest BCUT2D eigenvalue weighted by Gasteiger charge is -2.17. The maximum Gasteiger partial charge on any atom is 0.260 e. The average Bonchev–Trinajstić information content (AvgIpc) is 3.32. The number of amides is 1. The van der Waals surface area contributed by atoms with E-state index in [1.165, 1.54) is 0 Å². The van der Waals surface area contributed by atoms with Gasteiger partial charge in [-0.3, -0.25) is 4.79 Å². The molecular weight excluding hydrogens is 400 g/mol. The van der Waals surface area contributed by atoms with Crippen LogP contribution in [0.15, 0.2) is 91.0 Å². The van der Waals surface area contributed by atoms with Gasteiger partial charge in [0.05, 0.1) is 12.1 Å². The van der Waals surface area contributed by atoms with Crippen molar-refractivity contribution >= 4 is 16.8 Å². The van der Waals surface area contributed by atoms with Crippen LogP contribution in [0, 0.1) is 0 Å². The van der Waals surface area contributed by atoms with Gasteiger partial charge in [-0.15, -0.1) is 0 Å². The lowest BCUT2D eigenvalue weighted by molar-refractivity contribution is -0.132. The Morgan fingerprint density at radius 2 is 1.62 bits per heavy atom. The molecule has 1 aromatic heterocycles. The smallest absolute Gasteiger partial charge is 0.260 e. The quantitative estimate of drug-likeness (QED) is 0.439. The standard InChI is InChI=1S/C27H24N2O3/c30-27(19-31-23-13-10-21(11-14-23)20-6-2-1-3-7-20)29-17-16-24(18-29)32-26-15-12-22-8-4-5-9-25(22)28-26/h1-15,24H,16-19H2. The summed E-state index contributed by atoms with van der Waals surface area (Å²) < 4.78 is 11.8. The molecule has 160 valence electrons. The van der Waals surface area contributed by atoms with Crippen LogP contribution in [-0.4, -0.2) is 41.6 Å². The van der Waals surface area contributed by atoms with E-state index in [4.69, 9.17) is 9.47 Å². The molecule has 1 unspecified atom stereocenters. The number of para-hydroxylation sites is 1. The van der Waals surface area contributed by atoms with E-state index < -0.39 is 0 Å². The van der Waals surface area contributed by atoms with Gasteiger partial charge in [0.25, 0.3) is 5.91 Å². The summed E-state index contributed by atoms with van der Waals surface area (Å²) in [6, 6.07) is 29.8. The summed E-state index contributed by atoms with van der Waals surface area (Å²) in [6.07, 6.45) is 0.726. The lowest BCUT2D eigenvalue weighted by atomic mass is 10.1. The van der Waals surface area contributed by atoms with Crippen molar-refractivity contribution < 1.29 is 14.3 Å². The Hall–Kier alpha value is -3.86. The van der Waals surface area contributed by atoms with E-state index in [0.29, 0.717) is 24.7 Å². The maximum absolute atomic E-state index is 12.6. The molecule has 0 bridgehead atoms. The second-order valence-electron chi connectivity index (χ2n) is 7.89. The van der Waals surface area contributed by atoms with Crippen LogP contribution in [0.1, 0.15) is 6.42 Å². The van der Waals surface area contributed by atoms with Gasteiger partial charge in [-0.25, -0.2) is 4.98 Å². The number of carbonyl (C=O) groups excluding carboxylic acids is 1. The molecule has 4 aromatic rings. The number of rotatable bonds is 6. The molecule has 5 heteroatoms. The highest BCUT2D eigenvalue weighted by Gasteiger charge is 2.28. The minimum Gasteiger partial charge on any atom is -0.484 e. The third-order valence-corrected chi connectivity index (χ3v) is 5.68. The number of nitrogens with zero attached hydrogens (tertiary/aromatic N) is 2. The van der Waals surface area contributed by atoms with Crippen molar-refractivity contribution in [3.63, 3.8) is 0 Å². The molecule has 0 N–H and O–H groups in total. The van der Waals surface area contributed by atoms with E-state index in [0.717, 1.165) is 28.5 Å². The van der Waals surface area contributed by atoms with Crippen molar-refractivity contribution in [1.29, 1.82) is 0 Å². The first-order valence-electron chi connectivity index (χ1n) is 10.8. The molecule has 1 fully saturated rings. The number of hydrogen-bond acceptors (Lipinski definition) is 4. The van der Waals surface area contributed by atoms with Crippen LogP contribution < -0.4 is 9.47 Å². The summed E-state index contributed by atoms with van der Waals surface area (Å²) in [6.45, 7) is 1.22. The molecule has 1 aliphatic rings. The zero-order valence-electron chi connectivity index (χ0n) is 17.7. The second-order valence-corrected chi connectivity index (χ2v) is 7.89. The molecule has 5 rings (SSSR count). The largest absolute Gasteiger partial charge is 0.484 e. The first-order chi connectivity index (χ1) is 15.7.